The molecule has 0 aliphatic carbocycles. The Balaban J connectivity index is 0. The number of ketones is 1. The minimum atomic E-state index is -0.889. The lowest BCUT2D eigenvalue weighted by Crippen LogP contribution is -2.39. The largest absolute Gasteiger partial charge is 0.480 e. The number of methoxy groups -OCH3 is 2. The van der Waals surface area contributed by atoms with E-state index in [1.165, 1.54) is 13.5 Å². The number of anilines is 3. The summed E-state index contributed by atoms with van der Waals surface area (Å²) in [6, 6.07) is 11.5. The maximum absolute atomic E-state index is 11.9. The van der Waals surface area contributed by atoms with Gasteiger partial charge in [-0.2, -0.15) is 0 Å². The molecule has 0 amide bonds. The lowest BCUT2D eigenvalue weighted by atomic mass is 10.0. The summed E-state index contributed by atoms with van der Waals surface area (Å²) < 4.78 is 9.58. The van der Waals surface area contributed by atoms with Crippen molar-refractivity contribution in [3.63, 3.8) is 0 Å². The van der Waals surface area contributed by atoms with Gasteiger partial charge in [0, 0.05) is 37.7 Å². The average molecular weight is 549 g/mol. The molecule has 0 spiro atoms. The van der Waals surface area contributed by atoms with Crippen LogP contribution in [0.3, 0.4) is 0 Å². The molecule has 0 fully saturated rings. The topological polar surface area (TPSA) is 175 Å². The Morgan fingerprint density at radius 1 is 0.889 bits per heavy atom. The van der Waals surface area contributed by atoms with Crippen LogP contribution in [-0.2, 0) is 25.5 Å². The maximum Gasteiger partial charge on any atom is 0.323 e. The van der Waals surface area contributed by atoms with Crippen molar-refractivity contribution in [1.29, 1.82) is 0 Å². The number of hydrogen-bond acceptors (Lipinski definition) is 9. The highest BCUT2D eigenvalue weighted by Gasteiger charge is 2.17. The Hall–Kier alpha value is -2.60. The molecule has 0 saturated heterocycles. The number of benzene rings is 2. The van der Waals surface area contributed by atoms with Crippen LogP contribution in [-0.4, -0.2) is 76.9 Å². The molecule has 2 aromatic rings. The molecule has 0 saturated carbocycles. The van der Waals surface area contributed by atoms with Crippen molar-refractivity contribution < 1.29 is 24.2 Å². The number of carbonyl (C=O) groups is 2. The number of halogens is 2. The van der Waals surface area contributed by atoms with E-state index < -0.39 is 12.0 Å². The van der Waals surface area contributed by atoms with Crippen molar-refractivity contribution in [3.8, 4) is 0 Å². The number of likely N-dealkylation sites (N-methyl/N-ethyl adjacent to an activating group) is 2. The Kier molecular flexibility index (Phi) is 21.4. The number of nitrogens with two attached hydrogens (primary N) is 3. The first kappa shape index (κ1) is 35.6. The highest BCUT2D eigenvalue weighted by molar-refractivity contribution is 6.31. The summed E-state index contributed by atoms with van der Waals surface area (Å²) in [6.45, 7) is 0.577. The summed E-state index contributed by atoms with van der Waals surface area (Å²) in [5, 5.41) is 14.5. The molecule has 2 atom stereocenters. The summed E-state index contributed by atoms with van der Waals surface area (Å²) in [5.41, 5.74) is 19.2. The fourth-order valence-electron chi connectivity index (χ4n) is 2.50. The second kappa shape index (κ2) is 21.7. The molecule has 0 aliphatic heterocycles. The molecule has 0 aliphatic rings. The molecule has 2 rings (SSSR count). The zero-order valence-electron chi connectivity index (χ0n) is 21.4. The van der Waals surface area contributed by atoms with E-state index in [1.54, 1.807) is 45.5 Å². The van der Waals surface area contributed by atoms with Gasteiger partial charge in [-0.05, 0) is 43.9 Å². The average Bonchev–Trinajstić information content (AvgIpc) is 2.86. The highest BCUT2D eigenvalue weighted by atomic mass is 35.5. The van der Waals surface area contributed by atoms with Crippen molar-refractivity contribution in [2.75, 3.05) is 65.1 Å². The zero-order valence-corrected chi connectivity index (χ0v) is 22.9. The lowest BCUT2D eigenvalue weighted by molar-refractivity contribution is -0.140. The Labute approximate surface area is 223 Å². The van der Waals surface area contributed by atoms with Crippen molar-refractivity contribution in [2.24, 2.45) is 0 Å². The van der Waals surface area contributed by atoms with Gasteiger partial charge in [0.2, 0.25) is 0 Å². The van der Waals surface area contributed by atoms with Gasteiger partial charge in [0.25, 0.3) is 0 Å². The number of hydrogen-bond donors (Lipinski definition) is 6. The second-order valence-electron chi connectivity index (χ2n) is 7.05. The van der Waals surface area contributed by atoms with Gasteiger partial charge in [-0.3, -0.25) is 9.59 Å². The molecule has 10 nitrogen and oxygen atoms in total. The first-order valence-electron chi connectivity index (χ1n) is 10.7. The minimum absolute atomic E-state index is 0.0854. The molecule has 0 unspecified atom stereocenters. The first-order valence-corrected chi connectivity index (χ1v) is 11.8. The van der Waals surface area contributed by atoms with Crippen LogP contribution < -0.4 is 27.8 Å². The van der Waals surface area contributed by atoms with Crippen molar-refractivity contribution in [2.45, 2.75) is 18.5 Å². The molecule has 2 aromatic carbocycles. The molecular weight excluding hydrogens is 509 g/mol. The summed E-state index contributed by atoms with van der Waals surface area (Å²) >= 11 is 10.2. The van der Waals surface area contributed by atoms with Gasteiger partial charge in [0.05, 0.1) is 30.6 Å². The second-order valence-corrected chi connectivity index (χ2v) is 7.48. The molecule has 0 heterocycles. The van der Waals surface area contributed by atoms with Gasteiger partial charge < -0.3 is 42.4 Å². The van der Waals surface area contributed by atoms with Crippen molar-refractivity contribution in [3.05, 3.63) is 53.1 Å². The SMILES string of the molecule is CCl.CN[C@@H](COC)C(=O)Cc1ccccc1N.CN[C@@H](COC)C(=O)O.Nc1ccc(Cl)cc1N. The number of aliphatic carboxylic acids is 1. The number of carboxylic acid groups (broad SMARTS) is 1. The molecule has 9 N–H and O–H groups in total. The number of alkyl halides is 1. The summed E-state index contributed by atoms with van der Waals surface area (Å²) in [7, 11) is 6.37. The Morgan fingerprint density at radius 2 is 1.42 bits per heavy atom. The summed E-state index contributed by atoms with van der Waals surface area (Å²) in [4.78, 5) is 22.1. The van der Waals surface area contributed by atoms with E-state index in [9.17, 15) is 9.59 Å². The third-order valence-electron chi connectivity index (χ3n) is 4.52. The standard InChI is InChI=1S/C12H18N2O2.C6H7ClN2.C5H11NO3.CH3Cl/c1-14-11(8-16-2)12(15)7-9-5-3-4-6-10(9)13;7-4-1-2-5(8)6(9)3-4;1-6-4(3-9-2)5(7)8;1-2/h3-6,11,14H,7-8,13H2,1-2H3;1-3H,8-9H2;4,6H,3H2,1-2H3,(H,7,8);1H3/t11-;;4-;/m0.0./s1. The predicted octanol–water partition coefficient (Wildman–Crippen LogP) is 2.28. The fraction of sp³-hybridized carbons (Fsp3) is 0.417. The van der Waals surface area contributed by atoms with E-state index in [0.717, 1.165) is 5.56 Å². The third kappa shape index (κ3) is 15.4. The van der Waals surface area contributed by atoms with Gasteiger partial charge in [-0.1, -0.05) is 29.8 Å². The lowest BCUT2D eigenvalue weighted by Gasteiger charge is -2.14. The van der Waals surface area contributed by atoms with Crippen molar-refractivity contribution in [1.82, 2.24) is 10.6 Å². The minimum Gasteiger partial charge on any atom is -0.480 e. The zero-order chi connectivity index (χ0) is 28.1. The predicted molar refractivity (Wildman–Crippen MR) is 149 cm³/mol. The van der Waals surface area contributed by atoms with E-state index in [-0.39, 0.29) is 18.4 Å². The number of carboxylic acids is 1. The number of carbonyl (C=O) groups excluding carboxylic acids is 1. The van der Waals surface area contributed by atoms with Crippen LogP contribution in [0.25, 0.3) is 0 Å². The van der Waals surface area contributed by atoms with Gasteiger partial charge >= 0.3 is 5.97 Å². The van der Waals surface area contributed by atoms with E-state index in [2.05, 4.69) is 27.0 Å². The van der Waals surface area contributed by atoms with E-state index in [0.29, 0.717) is 35.1 Å². The van der Waals surface area contributed by atoms with E-state index in [4.69, 9.17) is 38.6 Å². The number of nitrogens with one attached hydrogen (secondary N) is 2. The molecular formula is C24H39Cl2N5O5. The fourth-order valence-corrected chi connectivity index (χ4v) is 2.68. The number of para-hydroxylation sites is 1. The molecule has 0 radical (unpaired) electrons. The van der Waals surface area contributed by atoms with Crippen LogP contribution >= 0.6 is 23.2 Å². The Morgan fingerprint density at radius 3 is 1.81 bits per heavy atom. The van der Waals surface area contributed by atoms with Crippen LogP contribution in [0.2, 0.25) is 5.02 Å². The first-order chi connectivity index (χ1) is 17.1. The molecule has 0 aromatic heterocycles. The summed E-state index contributed by atoms with van der Waals surface area (Å²) in [6.07, 6.45) is 1.81. The summed E-state index contributed by atoms with van der Waals surface area (Å²) in [5.74, 6) is -0.804. The number of Topliss-reactive ketones (excluding diaryl/α,β-unsaturated/α-hetero) is 1. The van der Waals surface area contributed by atoms with Crippen LogP contribution in [0.15, 0.2) is 42.5 Å². The van der Waals surface area contributed by atoms with Gasteiger partial charge in [-0.15, -0.1) is 11.6 Å². The van der Waals surface area contributed by atoms with Crippen LogP contribution in [0.4, 0.5) is 17.1 Å². The highest BCUT2D eigenvalue weighted by Crippen LogP contribution is 2.18. The number of nitrogen functional groups attached to an aromatic ring is 3. The number of rotatable bonds is 10. The molecule has 0 bridgehead atoms. The monoisotopic (exact) mass is 547 g/mol. The van der Waals surface area contributed by atoms with Crippen LogP contribution in [0, 0.1) is 0 Å². The van der Waals surface area contributed by atoms with Crippen molar-refractivity contribution >= 4 is 52.0 Å². The van der Waals surface area contributed by atoms with Gasteiger partial charge in [0.1, 0.15) is 6.04 Å². The molecule has 12 heteroatoms. The maximum atomic E-state index is 11.9. The third-order valence-corrected chi connectivity index (χ3v) is 4.75. The normalized spacial score (nSPS) is 11.3. The van der Waals surface area contributed by atoms with Gasteiger partial charge in [0.15, 0.2) is 5.78 Å². The van der Waals surface area contributed by atoms with E-state index in [1.807, 2.05) is 18.2 Å². The van der Waals surface area contributed by atoms with E-state index >= 15 is 0 Å². The van der Waals surface area contributed by atoms with Crippen LogP contribution in [0.1, 0.15) is 5.56 Å². The van der Waals surface area contributed by atoms with Gasteiger partial charge in [-0.25, -0.2) is 0 Å². The smallest absolute Gasteiger partial charge is 0.323 e. The van der Waals surface area contributed by atoms with Crippen LogP contribution in [0.5, 0.6) is 0 Å². The molecule has 204 valence electrons. The number of ether oxygens (including phenoxy) is 2. The quantitative estimate of drug-likeness (QED) is 0.191. The molecule has 36 heavy (non-hydrogen) atoms. The Bertz CT molecular complexity index is 890.